The van der Waals surface area contributed by atoms with Crippen LogP contribution in [0.2, 0.25) is 0 Å². The summed E-state index contributed by atoms with van der Waals surface area (Å²) in [5, 5.41) is 0. The predicted molar refractivity (Wildman–Crippen MR) is 459 cm³/mol. The first-order valence-electron chi connectivity index (χ1n) is 43.0. The van der Waals surface area contributed by atoms with E-state index in [0.29, 0.717) is 87.4 Å². The third-order valence-electron chi connectivity index (χ3n) is 18.4. The summed E-state index contributed by atoms with van der Waals surface area (Å²) < 4.78 is 122. The molecule has 0 N–H and O–H groups in total. The van der Waals surface area contributed by atoms with E-state index in [1.807, 2.05) is 13.8 Å². The Hall–Kier alpha value is -10.2. The summed E-state index contributed by atoms with van der Waals surface area (Å²) >= 11 is 0. The average Bonchev–Trinajstić information content (AvgIpc) is 0.861. The quantitative estimate of drug-likeness (QED) is 0.0152. The molecule has 0 unspecified atom stereocenters. The van der Waals surface area contributed by atoms with Crippen molar-refractivity contribution in [3.8, 4) is 69.0 Å². The van der Waals surface area contributed by atoms with E-state index in [0.717, 1.165) is 126 Å². The molecule has 0 aliphatic rings. The Morgan fingerprint density at radius 2 is 0.398 bits per heavy atom. The van der Waals surface area contributed by atoms with E-state index in [1.165, 1.54) is 151 Å². The Kier molecular flexibility index (Phi) is 50.9. The van der Waals surface area contributed by atoms with Gasteiger partial charge in [0.15, 0.2) is 46.3 Å². The highest BCUT2D eigenvalue weighted by molar-refractivity contribution is 5.93. The summed E-state index contributed by atoms with van der Waals surface area (Å²) in [5.74, 6) is 0.309. The molecule has 0 bridgehead atoms. The molecule has 8 aromatic carbocycles. The Bertz CT molecular complexity index is 4040. The first kappa shape index (κ1) is 98.3. The molecule has 20 heteroatoms. The van der Waals surface area contributed by atoms with Crippen LogP contribution in [0.25, 0.3) is 0 Å². The molecule has 0 aliphatic carbocycles. The molecule has 0 radical (unpaired) electrons. The predicted octanol–water partition coefficient (Wildman–Crippen LogP) is 27.1. The normalized spacial score (nSPS) is 10.6. The number of hydrogen-bond donors (Lipinski definition) is 0. The van der Waals surface area contributed by atoms with Crippen molar-refractivity contribution in [3.05, 3.63) is 215 Å². The minimum Gasteiger partial charge on any atom is -0.494 e. The Morgan fingerprint density at radius 3 is 0.636 bits per heavy atom. The van der Waals surface area contributed by atoms with E-state index in [-0.39, 0.29) is 45.3 Å². The highest BCUT2D eigenvalue weighted by Crippen LogP contribution is 2.29. The number of hydrogen-bond acceptors (Lipinski definition) is 16. The van der Waals surface area contributed by atoms with Gasteiger partial charge in [0.2, 0.25) is 0 Å². The van der Waals surface area contributed by atoms with Crippen LogP contribution >= 0.6 is 0 Å². The van der Waals surface area contributed by atoms with Crippen LogP contribution < -0.4 is 56.8 Å². The smallest absolute Gasteiger partial charge is 0.343 e. The second-order valence-electron chi connectivity index (χ2n) is 28.5. The second kappa shape index (κ2) is 61.1. The van der Waals surface area contributed by atoms with Crippen molar-refractivity contribution in [1.82, 2.24) is 0 Å². The lowest BCUT2D eigenvalue weighted by molar-refractivity contribution is 0.0724. The number of unbranched alkanes of at least 4 members (excludes halogenated alkanes) is 23. The van der Waals surface area contributed by atoms with Crippen LogP contribution in [-0.4, -0.2) is 76.7 Å². The van der Waals surface area contributed by atoms with Crippen molar-refractivity contribution in [2.75, 3.05) is 52.9 Å². The van der Waals surface area contributed by atoms with Crippen LogP contribution in [0.1, 0.15) is 289 Å². The number of benzene rings is 8. The fourth-order valence-electron chi connectivity index (χ4n) is 11.6. The number of halogens is 4. The molecule has 8 aromatic rings. The maximum atomic E-state index is 14.3. The molecule has 0 saturated heterocycles. The molecule has 8 rings (SSSR count). The van der Waals surface area contributed by atoms with Crippen molar-refractivity contribution in [3.63, 3.8) is 0 Å². The van der Waals surface area contributed by atoms with Gasteiger partial charge in [-0.3, -0.25) is 0 Å². The van der Waals surface area contributed by atoms with Gasteiger partial charge in [-0.2, -0.15) is 0 Å². The van der Waals surface area contributed by atoms with Crippen molar-refractivity contribution in [2.24, 2.45) is 0 Å². The molecular weight excluding hydrogens is 1510 g/mol. The molecule has 0 atom stereocenters. The first-order chi connectivity index (χ1) is 57.5. The van der Waals surface area contributed by atoms with E-state index in [9.17, 15) is 36.7 Å². The summed E-state index contributed by atoms with van der Waals surface area (Å²) in [5.41, 5.74) is 0.561. The van der Waals surface area contributed by atoms with Gasteiger partial charge < -0.3 is 56.8 Å². The number of carbonyl (C=O) groups excluding carboxylic acids is 4. The highest BCUT2D eigenvalue weighted by atomic mass is 19.1. The summed E-state index contributed by atoms with van der Waals surface area (Å²) in [7, 11) is 0. The van der Waals surface area contributed by atoms with Crippen LogP contribution in [-0.2, 0) is 0 Å². The molecule has 644 valence electrons. The standard InChI is InChI=1S/C26H35FO4.C25H33FO4.C24H31FO4.C23H29FO4/c1-3-5-7-8-9-11-19-30-25-17-12-21(20-24(25)27)26(28)31-23-15-13-22(14-16-23)29-18-10-6-4-2;1-3-5-7-8-9-10-18-29-24-16-11-20(19-23(24)26)25(27)30-22-14-12-21(13-15-22)28-17-6-4-2;1-3-5-6-7-8-9-17-28-23-15-10-19(18-22(23)25)24(26)29-21-13-11-20(12-14-21)27-16-4-2;1-3-5-6-7-8-9-16-27-22-15-10-18(17-21(22)24)23(25)28-20-13-11-19(12-14-20)26-4-2/h12-17,20H,3-11,18-19H2,1-2H3;11-16,19H,3-10,17-18H2,1-2H3;10-15,18H,3-9,16-17H2,1-2H3;10-15,17H,3-9,16H2,1-2H3. The first-order valence-corrected chi connectivity index (χ1v) is 43.0. The van der Waals surface area contributed by atoms with Crippen LogP contribution in [0.5, 0.6) is 69.0 Å². The van der Waals surface area contributed by atoms with Gasteiger partial charge >= 0.3 is 23.9 Å². The van der Waals surface area contributed by atoms with Gasteiger partial charge in [0.1, 0.15) is 46.0 Å². The lowest BCUT2D eigenvalue weighted by atomic mass is 10.1. The van der Waals surface area contributed by atoms with Gasteiger partial charge in [0.05, 0.1) is 75.1 Å². The maximum absolute atomic E-state index is 14.3. The van der Waals surface area contributed by atoms with Crippen LogP contribution in [0.4, 0.5) is 17.6 Å². The minimum absolute atomic E-state index is 0.137. The van der Waals surface area contributed by atoms with Crippen molar-refractivity contribution in [1.29, 1.82) is 0 Å². The SMILES string of the molecule is CCCCCCCCOc1ccc(C(=O)Oc2ccc(OCC)cc2)cc1F.CCCCCCCCOc1ccc(C(=O)Oc2ccc(OCCC)cc2)cc1F.CCCCCCCCOc1ccc(C(=O)Oc2ccc(OCCCC)cc2)cc1F.CCCCCCCCOc1ccc(C(=O)Oc2ccc(OCCCCC)cc2)cc1F. The van der Waals surface area contributed by atoms with E-state index < -0.39 is 47.1 Å². The fourth-order valence-corrected chi connectivity index (χ4v) is 11.6. The number of rotatable bonds is 54. The van der Waals surface area contributed by atoms with Gasteiger partial charge in [-0.25, -0.2) is 36.7 Å². The topological polar surface area (TPSA) is 179 Å². The van der Waals surface area contributed by atoms with Crippen molar-refractivity contribution in [2.45, 2.75) is 248 Å². The Morgan fingerprint density at radius 1 is 0.203 bits per heavy atom. The largest absolute Gasteiger partial charge is 0.494 e. The van der Waals surface area contributed by atoms with Crippen molar-refractivity contribution < 1.29 is 93.6 Å². The van der Waals surface area contributed by atoms with E-state index in [4.69, 9.17) is 56.8 Å². The monoisotopic (exact) mass is 1640 g/mol. The molecule has 0 aliphatic heterocycles. The second-order valence-corrected chi connectivity index (χ2v) is 28.5. The zero-order valence-corrected chi connectivity index (χ0v) is 71.1. The summed E-state index contributed by atoms with van der Waals surface area (Å²) in [6.07, 6.45) is 33.7. The number of carbonyl (C=O) groups is 4. The molecule has 0 spiro atoms. The summed E-state index contributed by atoms with van der Waals surface area (Å²) in [6.45, 7) is 21.3. The van der Waals surface area contributed by atoms with Crippen molar-refractivity contribution >= 4 is 23.9 Å². The van der Waals surface area contributed by atoms with E-state index in [2.05, 4.69) is 41.5 Å². The van der Waals surface area contributed by atoms with Gasteiger partial charge in [-0.15, -0.1) is 0 Å². The molecule has 0 heterocycles. The summed E-state index contributed by atoms with van der Waals surface area (Å²) in [4.78, 5) is 49.1. The fraction of sp³-hybridized carbons (Fsp3) is 0.469. The van der Waals surface area contributed by atoms with Gasteiger partial charge in [-0.1, -0.05) is 196 Å². The molecule has 0 fully saturated rings. The number of esters is 4. The molecule has 0 saturated carbocycles. The molecular formula is C98H128F4O16. The molecule has 0 aromatic heterocycles. The minimum atomic E-state index is -0.620. The Labute approximate surface area is 699 Å². The third kappa shape index (κ3) is 41.2. The molecule has 118 heavy (non-hydrogen) atoms. The summed E-state index contributed by atoms with van der Waals surface area (Å²) in [6, 6.07) is 43.7. The van der Waals surface area contributed by atoms with Gasteiger partial charge in [-0.05, 0) is 222 Å². The van der Waals surface area contributed by atoms with Crippen LogP contribution in [0.15, 0.2) is 170 Å². The third-order valence-corrected chi connectivity index (χ3v) is 18.4. The van der Waals surface area contributed by atoms with Gasteiger partial charge in [0.25, 0.3) is 0 Å². The Balaban J connectivity index is 0.000000280. The molecule has 16 nitrogen and oxygen atoms in total. The van der Waals surface area contributed by atoms with Crippen LogP contribution in [0.3, 0.4) is 0 Å². The van der Waals surface area contributed by atoms with Crippen LogP contribution in [0, 0.1) is 23.3 Å². The lowest BCUT2D eigenvalue weighted by Gasteiger charge is -2.10. The zero-order valence-electron chi connectivity index (χ0n) is 71.1. The van der Waals surface area contributed by atoms with E-state index in [1.54, 1.807) is 97.1 Å². The van der Waals surface area contributed by atoms with E-state index >= 15 is 0 Å². The maximum Gasteiger partial charge on any atom is 0.343 e. The molecule has 0 amide bonds. The number of ether oxygens (including phenoxy) is 12. The average molecular weight is 1640 g/mol. The van der Waals surface area contributed by atoms with Gasteiger partial charge in [0, 0.05) is 0 Å². The lowest BCUT2D eigenvalue weighted by Crippen LogP contribution is -2.09. The zero-order chi connectivity index (χ0) is 85.0. The highest BCUT2D eigenvalue weighted by Gasteiger charge is 2.19.